The fourth-order valence-electron chi connectivity index (χ4n) is 4.93. The molecule has 0 spiro atoms. The molecule has 0 radical (unpaired) electrons. The van der Waals surface area contributed by atoms with E-state index in [1.807, 2.05) is 24.3 Å². The predicted octanol–water partition coefficient (Wildman–Crippen LogP) is 4.45. The van der Waals surface area contributed by atoms with E-state index in [4.69, 9.17) is 9.84 Å². The quantitative estimate of drug-likeness (QED) is 0.482. The van der Waals surface area contributed by atoms with Crippen LogP contribution in [0.1, 0.15) is 62.5 Å². The zero-order valence-electron chi connectivity index (χ0n) is 19.5. The van der Waals surface area contributed by atoms with Crippen molar-refractivity contribution in [1.29, 1.82) is 0 Å². The zero-order chi connectivity index (χ0) is 24.1. The number of carbonyl (C=O) groups is 3. The summed E-state index contributed by atoms with van der Waals surface area (Å²) in [6.45, 7) is 2.29. The van der Waals surface area contributed by atoms with Gasteiger partial charge in [-0.25, -0.2) is 4.79 Å². The van der Waals surface area contributed by atoms with Crippen LogP contribution in [0.2, 0.25) is 0 Å². The van der Waals surface area contributed by atoms with E-state index in [2.05, 4.69) is 41.8 Å². The number of unbranched alkanes of at least 4 members (excludes halogenated alkanes) is 1. The average Bonchev–Trinajstić information content (AvgIpc) is 3.11. The van der Waals surface area contributed by atoms with Gasteiger partial charge in [0.25, 0.3) is 0 Å². The van der Waals surface area contributed by atoms with E-state index >= 15 is 0 Å². The monoisotopic (exact) mass is 464 g/mol. The smallest absolute Gasteiger partial charge is 0.407 e. The highest BCUT2D eigenvalue weighted by molar-refractivity contribution is 5.80. The van der Waals surface area contributed by atoms with Crippen LogP contribution in [-0.2, 0) is 14.3 Å². The number of fused-ring (bicyclic) bond motifs is 3. The number of nitrogens with one attached hydrogen (secondary N) is 2. The van der Waals surface area contributed by atoms with E-state index in [1.165, 1.54) is 11.1 Å². The number of carboxylic acid groups (broad SMARTS) is 1. The summed E-state index contributed by atoms with van der Waals surface area (Å²) in [7, 11) is 0. The SMILES string of the molecule is CCCC[C@@H](CC(=O)NC1CC(C(=O)O)C1)NC(=O)OCC1c2ccccc2-c2ccccc21. The van der Waals surface area contributed by atoms with Gasteiger partial charge in [-0.3, -0.25) is 9.59 Å². The van der Waals surface area contributed by atoms with Crippen LogP contribution in [0.3, 0.4) is 0 Å². The maximum absolute atomic E-state index is 12.7. The molecular weight excluding hydrogens is 432 g/mol. The second-order valence-corrected chi connectivity index (χ2v) is 9.28. The largest absolute Gasteiger partial charge is 0.481 e. The lowest BCUT2D eigenvalue weighted by atomic mass is 9.80. The number of carbonyl (C=O) groups excluding carboxylic acids is 2. The normalized spacial score (nSPS) is 19.3. The lowest BCUT2D eigenvalue weighted by molar-refractivity contribution is -0.146. The highest BCUT2D eigenvalue weighted by Crippen LogP contribution is 2.44. The van der Waals surface area contributed by atoms with Crippen molar-refractivity contribution in [2.45, 2.75) is 63.5 Å². The van der Waals surface area contributed by atoms with Crippen LogP contribution in [0.5, 0.6) is 0 Å². The molecule has 34 heavy (non-hydrogen) atoms. The van der Waals surface area contributed by atoms with E-state index < -0.39 is 12.1 Å². The summed E-state index contributed by atoms with van der Waals surface area (Å²) in [4.78, 5) is 36.1. The molecule has 3 N–H and O–H groups in total. The van der Waals surface area contributed by atoms with E-state index in [0.29, 0.717) is 19.3 Å². The second kappa shape index (κ2) is 10.7. The molecule has 2 aromatic rings. The van der Waals surface area contributed by atoms with Crippen LogP contribution < -0.4 is 10.6 Å². The summed E-state index contributed by atoms with van der Waals surface area (Å²) in [6, 6.07) is 15.9. The van der Waals surface area contributed by atoms with Crippen LogP contribution in [0.25, 0.3) is 11.1 Å². The summed E-state index contributed by atoms with van der Waals surface area (Å²) < 4.78 is 5.64. The molecule has 2 aliphatic carbocycles. The number of rotatable bonds is 10. The number of hydrogen-bond acceptors (Lipinski definition) is 4. The summed E-state index contributed by atoms with van der Waals surface area (Å²) in [6.07, 6.45) is 3.06. The molecule has 0 saturated heterocycles. The van der Waals surface area contributed by atoms with E-state index in [9.17, 15) is 14.4 Å². The molecular formula is C27H32N2O5. The third-order valence-corrected chi connectivity index (χ3v) is 6.86. The minimum Gasteiger partial charge on any atom is -0.481 e. The molecule has 0 heterocycles. The summed E-state index contributed by atoms with van der Waals surface area (Å²) in [5.41, 5.74) is 4.65. The Morgan fingerprint density at radius 1 is 1.03 bits per heavy atom. The van der Waals surface area contributed by atoms with Gasteiger partial charge in [-0.1, -0.05) is 68.3 Å². The van der Waals surface area contributed by atoms with Crippen molar-refractivity contribution in [3.63, 3.8) is 0 Å². The Morgan fingerprint density at radius 2 is 1.65 bits per heavy atom. The highest BCUT2D eigenvalue weighted by Gasteiger charge is 2.35. The van der Waals surface area contributed by atoms with Gasteiger partial charge in [0.2, 0.25) is 5.91 Å². The maximum atomic E-state index is 12.7. The lowest BCUT2D eigenvalue weighted by Gasteiger charge is -2.33. The number of aliphatic carboxylic acids is 1. The number of hydrogen-bond donors (Lipinski definition) is 3. The lowest BCUT2D eigenvalue weighted by Crippen LogP contribution is -2.48. The van der Waals surface area contributed by atoms with E-state index in [1.54, 1.807) is 0 Å². The second-order valence-electron chi connectivity index (χ2n) is 9.28. The number of ether oxygens (including phenoxy) is 1. The first-order valence-corrected chi connectivity index (χ1v) is 12.1. The van der Waals surface area contributed by atoms with Gasteiger partial charge in [-0.15, -0.1) is 0 Å². The Bertz CT molecular complexity index is 1000. The molecule has 1 saturated carbocycles. The molecule has 0 unspecified atom stereocenters. The number of amides is 2. The number of alkyl carbamates (subject to hydrolysis) is 1. The van der Waals surface area contributed by atoms with Crippen LogP contribution >= 0.6 is 0 Å². The molecule has 1 fully saturated rings. The predicted molar refractivity (Wildman–Crippen MR) is 128 cm³/mol. The van der Waals surface area contributed by atoms with Crippen molar-refractivity contribution >= 4 is 18.0 Å². The minimum atomic E-state index is -0.816. The Hall–Kier alpha value is -3.35. The Balaban J connectivity index is 1.31. The summed E-state index contributed by atoms with van der Waals surface area (Å²) >= 11 is 0. The summed E-state index contributed by atoms with van der Waals surface area (Å²) in [5.74, 6) is -1.38. The summed E-state index contributed by atoms with van der Waals surface area (Å²) in [5, 5.41) is 14.8. The van der Waals surface area contributed by atoms with E-state index in [-0.39, 0.29) is 42.9 Å². The van der Waals surface area contributed by atoms with Gasteiger partial charge in [0.15, 0.2) is 0 Å². The fraction of sp³-hybridized carbons (Fsp3) is 0.444. The molecule has 0 aliphatic heterocycles. The van der Waals surface area contributed by atoms with Crippen molar-refractivity contribution < 1.29 is 24.2 Å². The van der Waals surface area contributed by atoms with Crippen molar-refractivity contribution in [3.8, 4) is 11.1 Å². The van der Waals surface area contributed by atoms with Crippen molar-refractivity contribution in [2.24, 2.45) is 5.92 Å². The number of benzene rings is 2. The van der Waals surface area contributed by atoms with Gasteiger partial charge >= 0.3 is 12.1 Å². The van der Waals surface area contributed by atoms with Crippen LogP contribution in [-0.4, -0.2) is 41.8 Å². The van der Waals surface area contributed by atoms with E-state index in [0.717, 1.165) is 24.0 Å². The maximum Gasteiger partial charge on any atom is 0.407 e. The van der Waals surface area contributed by atoms with Crippen LogP contribution in [0.15, 0.2) is 48.5 Å². The first-order chi connectivity index (χ1) is 16.5. The van der Waals surface area contributed by atoms with Crippen molar-refractivity contribution in [3.05, 3.63) is 59.7 Å². The molecule has 2 aromatic carbocycles. The van der Waals surface area contributed by atoms with Gasteiger partial charge in [0.05, 0.1) is 5.92 Å². The molecule has 2 amide bonds. The molecule has 0 aromatic heterocycles. The standard InChI is InChI=1S/C27H32N2O5/c1-2-3-8-18(15-25(30)28-19-13-17(14-19)26(31)32)29-27(33)34-16-24-22-11-6-4-9-20(22)21-10-5-7-12-23(21)24/h4-7,9-12,17-19,24H,2-3,8,13-16H2,1H3,(H,28,30)(H,29,33)(H,31,32)/t17?,18-,19?/m0/s1. The Morgan fingerprint density at radius 3 is 2.24 bits per heavy atom. The average molecular weight is 465 g/mol. The molecule has 4 rings (SSSR count). The Labute approximate surface area is 199 Å². The molecule has 1 atom stereocenters. The Kier molecular flexibility index (Phi) is 7.50. The zero-order valence-corrected chi connectivity index (χ0v) is 19.5. The fourth-order valence-corrected chi connectivity index (χ4v) is 4.93. The third kappa shape index (κ3) is 5.41. The van der Waals surface area contributed by atoms with Gasteiger partial charge in [-0.2, -0.15) is 0 Å². The first kappa shape index (κ1) is 23.8. The molecule has 0 bridgehead atoms. The third-order valence-electron chi connectivity index (χ3n) is 6.86. The molecule has 2 aliphatic rings. The number of carboxylic acids is 1. The van der Waals surface area contributed by atoms with Gasteiger partial charge < -0.3 is 20.5 Å². The topological polar surface area (TPSA) is 105 Å². The van der Waals surface area contributed by atoms with Gasteiger partial charge in [-0.05, 0) is 41.5 Å². The van der Waals surface area contributed by atoms with Crippen LogP contribution in [0.4, 0.5) is 4.79 Å². The molecule has 7 nitrogen and oxygen atoms in total. The first-order valence-electron chi connectivity index (χ1n) is 12.1. The highest BCUT2D eigenvalue weighted by atomic mass is 16.5. The van der Waals surface area contributed by atoms with Gasteiger partial charge in [0, 0.05) is 24.4 Å². The minimum absolute atomic E-state index is 0.0173. The molecule has 180 valence electrons. The van der Waals surface area contributed by atoms with Gasteiger partial charge in [0.1, 0.15) is 6.61 Å². The van der Waals surface area contributed by atoms with Crippen molar-refractivity contribution in [2.75, 3.05) is 6.61 Å². The van der Waals surface area contributed by atoms with Crippen LogP contribution in [0, 0.1) is 5.92 Å². The molecule has 7 heteroatoms. The van der Waals surface area contributed by atoms with Crippen molar-refractivity contribution in [1.82, 2.24) is 10.6 Å².